The molecule has 0 fully saturated rings. The molecule has 0 heteroatoms. The molecular formula is C46H34. The summed E-state index contributed by atoms with van der Waals surface area (Å²) in [5.74, 6) is 0. The molecule has 0 nitrogen and oxygen atoms in total. The Bertz CT molecular complexity index is 2520. The van der Waals surface area contributed by atoms with Crippen molar-refractivity contribution in [1.29, 1.82) is 0 Å². The zero-order chi connectivity index (χ0) is 31.4. The first-order valence-corrected chi connectivity index (χ1v) is 15.9. The fourth-order valence-corrected chi connectivity index (χ4v) is 7.31. The minimum absolute atomic E-state index is 1.11. The van der Waals surface area contributed by atoms with Crippen molar-refractivity contribution in [3.8, 4) is 33.4 Å². The minimum atomic E-state index is 1.11. The van der Waals surface area contributed by atoms with Crippen LogP contribution in [0.25, 0.3) is 88.6 Å². The Morgan fingerprint density at radius 2 is 1.04 bits per heavy atom. The van der Waals surface area contributed by atoms with Crippen LogP contribution in [0.3, 0.4) is 0 Å². The molecule has 8 rings (SSSR count). The largest absolute Gasteiger partial charge is 0.0984 e. The molecular weight excluding hydrogens is 553 g/mol. The molecule has 0 atom stereocenters. The molecule has 0 aromatic heterocycles. The summed E-state index contributed by atoms with van der Waals surface area (Å²) >= 11 is 0. The summed E-state index contributed by atoms with van der Waals surface area (Å²) in [4.78, 5) is 0. The van der Waals surface area contributed by atoms with Gasteiger partial charge >= 0.3 is 0 Å². The Morgan fingerprint density at radius 1 is 0.435 bits per heavy atom. The summed E-state index contributed by atoms with van der Waals surface area (Å²) in [6.45, 7) is 12.6. The van der Waals surface area contributed by atoms with Crippen molar-refractivity contribution < 1.29 is 0 Å². The van der Waals surface area contributed by atoms with Gasteiger partial charge in [0.25, 0.3) is 0 Å². The third-order valence-electron chi connectivity index (χ3n) is 9.74. The molecule has 0 aliphatic rings. The number of hydrogen-bond donors (Lipinski definition) is 0. The molecule has 0 bridgehead atoms. The van der Waals surface area contributed by atoms with Gasteiger partial charge in [-0.15, -0.1) is 0 Å². The average molecular weight is 587 g/mol. The highest BCUT2D eigenvalue weighted by Gasteiger charge is 2.13. The lowest BCUT2D eigenvalue weighted by atomic mass is 9.89. The van der Waals surface area contributed by atoms with Crippen LogP contribution in [-0.4, -0.2) is 0 Å². The maximum Gasteiger partial charge on any atom is -0.00697 e. The van der Waals surface area contributed by atoms with Gasteiger partial charge in [-0.3, -0.25) is 0 Å². The lowest BCUT2D eigenvalue weighted by molar-refractivity contribution is 1.43. The second-order valence-corrected chi connectivity index (χ2v) is 12.3. The number of rotatable bonds is 5. The van der Waals surface area contributed by atoms with Crippen LogP contribution in [0.1, 0.15) is 22.3 Å². The Labute approximate surface area is 270 Å². The summed E-state index contributed by atoms with van der Waals surface area (Å²) < 4.78 is 0. The predicted octanol–water partition coefficient (Wildman–Crippen LogP) is 13.2. The quantitative estimate of drug-likeness (QED) is 0.176. The Hall–Kier alpha value is -5.72. The Morgan fingerprint density at radius 3 is 1.78 bits per heavy atom. The predicted molar refractivity (Wildman–Crippen MR) is 202 cm³/mol. The van der Waals surface area contributed by atoms with Crippen molar-refractivity contribution in [2.75, 3.05) is 0 Å². The molecule has 0 spiro atoms. The Kier molecular flexibility index (Phi) is 6.66. The highest BCUT2D eigenvalue weighted by Crippen LogP contribution is 2.38. The van der Waals surface area contributed by atoms with E-state index in [0.717, 1.165) is 11.1 Å². The second kappa shape index (κ2) is 11.0. The molecule has 0 aliphatic heterocycles. The average Bonchev–Trinajstić information content (AvgIpc) is 3.10. The maximum atomic E-state index is 4.09. The van der Waals surface area contributed by atoms with E-state index in [0.29, 0.717) is 0 Å². The molecule has 0 saturated carbocycles. The van der Waals surface area contributed by atoms with Crippen LogP contribution < -0.4 is 0 Å². The normalized spacial score (nSPS) is 11.4. The van der Waals surface area contributed by atoms with E-state index >= 15 is 0 Å². The van der Waals surface area contributed by atoms with E-state index in [4.69, 9.17) is 0 Å². The zero-order valence-corrected chi connectivity index (χ0v) is 26.3. The topological polar surface area (TPSA) is 0 Å². The third-order valence-corrected chi connectivity index (χ3v) is 9.74. The molecule has 0 radical (unpaired) electrons. The highest BCUT2D eigenvalue weighted by molar-refractivity contribution is 6.13. The van der Waals surface area contributed by atoms with Gasteiger partial charge in [0, 0.05) is 0 Å². The van der Waals surface area contributed by atoms with Crippen molar-refractivity contribution in [3.05, 3.63) is 169 Å². The number of aryl methyl sites for hydroxylation is 2. The molecule has 218 valence electrons. The van der Waals surface area contributed by atoms with Gasteiger partial charge < -0.3 is 0 Å². The van der Waals surface area contributed by atoms with Crippen LogP contribution in [0.4, 0.5) is 0 Å². The van der Waals surface area contributed by atoms with Gasteiger partial charge in [-0.2, -0.15) is 0 Å². The molecule has 0 unspecified atom stereocenters. The summed E-state index contributed by atoms with van der Waals surface area (Å²) in [6, 6.07) is 49.2. The molecule has 8 aromatic rings. The summed E-state index contributed by atoms with van der Waals surface area (Å²) in [6.07, 6.45) is 3.85. The van der Waals surface area contributed by atoms with E-state index in [1.165, 1.54) is 87.6 Å². The lowest BCUT2D eigenvalue weighted by Crippen LogP contribution is -1.90. The fraction of sp³-hybridized carbons (Fsp3) is 0.0435. The van der Waals surface area contributed by atoms with Crippen LogP contribution in [0.2, 0.25) is 0 Å². The molecule has 8 aromatic carbocycles. The molecule has 0 amide bonds. The molecule has 0 heterocycles. The van der Waals surface area contributed by atoms with Crippen LogP contribution in [-0.2, 0) is 0 Å². The molecule has 0 saturated heterocycles. The van der Waals surface area contributed by atoms with Crippen molar-refractivity contribution in [2.45, 2.75) is 13.8 Å². The van der Waals surface area contributed by atoms with Gasteiger partial charge in [-0.1, -0.05) is 141 Å². The van der Waals surface area contributed by atoms with E-state index in [9.17, 15) is 0 Å². The van der Waals surface area contributed by atoms with Crippen LogP contribution >= 0.6 is 0 Å². The monoisotopic (exact) mass is 586 g/mol. The molecule has 46 heavy (non-hydrogen) atoms. The number of benzene rings is 8. The number of fused-ring (bicyclic) bond motifs is 6. The van der Waals surface area contributed by atoms with Crippen molar-refractivity contribution in [3.63, 3.8) is 0 Å². The van der Waals surface area contributed by atoms with Gasteiger partial charge in [0.1, 0.15) is 0 Å². The summed E-state index contributed by atoms with van der Waals surface area (Å²) in [5.41, 5.74) is 12.3. The maximum absolute atomic E-state index is 4.09. The van der Waals surface area contributed by atoms with Gasteiger partial charge in [0.2, 0.25) is 0 Å². The fourth-order valence-electron chi connectivity index (χ4n) is 7.31. The number of hydrogen-bond acceptors (Lipinski definition) is 0. The first kappa shape index (κ1) is 27.8. The van der Waals surface area contributed by atoms with E-state index < -0.39 is 0 Å². The first-order valence-electron chi connectivity index (χ1n) is 15.9. The molecule has 0 N–H and O–H groups in total. The van der Waals surface area contributed by atoms with Crippen molar-refractivity contribution in [1.82, 2.24) is 0 Å². The summed E-state index contributed by atoms with van der Waals surface area (Å²) in [5, 5.41) is 10.1. The van der Waals surface area contributed by atoms with E-state index in [1.807, 2.05) is 12.2 Å². The third kappa shape index (κ3) is 4.45. The van der Waals surface area contributed by atoms with E-state index in [2.05, 4.69) is 160 Å². The highest BCUT2D eigenvalue weighted by atomic mass is 14.2. The lowest BCUT2D eigenvalue weighted by Gasteiger charge is -2.15. The van der Waals surface area contributed by atoms with Gasteiger partial charge in [0.15, 0.2) is 0 Å². The minimum Gasteiger partial charge on any atom is -0.0984 e. The first-order chi connectivity index (χ1) is 22.5. The van der Waals surface area contributed by atoms with Crippen molar-refractivity contribution in [2.24, 2.45) is 0 Å². The van der Waals surface area contributed by atoms with Crippen LogP contribution in [0.15, 0.2) is 147 Å². The smallest absolute Gasteiger partial charge is 0.00697 e. The van der Waals surface area contributed by atoms with Gasteiger partial charge in [0.05, 0.1) is 0 Å². The summed E-state index contributed by atoms with van der Waals surface area (Å²) in [7, 11) is 0. The van der Waals surface area contributed by atoms with Crippen LogP contribution in [0.5, 0.6) is 0 Å². The SMILES string of the molecule is C=Cc1ccc2c(ccc3ccc(-c4cccc(-c5ccc6ccc7ccc(-c8ccccc8C)c(C)c7c6c5)c4)cc32)c1C=C. The zero-order valence-electron chi connectivity index (χ0n) is 26.3. The standard InChI is InChI=1S/C46H34/c1-5-31-20-24-43-42(39(31)6-2)25-21-32-15-18-37(27-44(32)43)35-11-9-12-36(26-35)38-19-16-33-14-17-34-22-23-41(30(4)46(34)45(33)28-38)40-13-8-7-10-29(40)3/h5-28H,1-2H2,3-4H3. The van der Waals surface area contributed by atoms with Gasteiger partial charge in [-0.25, -0.2) is 0 Å². The van der Waals surface area contributed by atoms with E-state index in [1.54, 1.807) is 0 Å². The van der Waals surface area contributed by atoms with Gasteiger partial charge in [-0.05, 0) is 131 Å². The van der Waals surface area contributed by atoms with E-state index in [-0.39, 0.29) is 0 Å². The Balaban J connectivity index is 1.26. The second-order valence-electron chi connectivity index (χ2n) is 12.3. The molecule has 0 aliphatic carbocycles. The van der Waals surface area contributed by atoms with Crippen LogP contribution in [0, 0.1) is 13.8 Å². The van der Waals surface area contributed by atoms with Crippen molar-refractivity contribution >= 4 is 55.2 Å².